The second-order valence-corrected chi connectivity index (χ2v) is 4.62. The monoisotopic (exact) mass is 288 g/mol. The Balaban J connectivity index is 2.02. The average molecular weight is 288 g/mol. The second-order valence-electron chi connectivity index (χ2n) is 4.18. The smallest absolute Gasteiger partial charge is 0.123 e. The maximum atomic E-state index is 5.71. The molecule has 20 heavy (non-hydrogen) atoms. The Hall–Kier alpha value is -2.14. The second kappa shape index (κ2) is 6.86. The van der Waals surface area contributed by atoms with Crippen molar-refractivity contribution in [3.63, 3.8) is 0 Å². The van der Waals surface area contributed by atoms with E-state index in [9.17, 15) is 0 Å². The van der Waals surface area contributed by atoms with E-state index in [1.165, 1.54) is 0 Å². The Kier molecular flexibility index (Phi) is 4.90. The Morgan fingerprint density at radius 2 is 2.05 bits per heavy atom. The molecule has 4 nitrogen and oxygen atoms in total. The summed E-state index contributed by atoms with van der Waals surface area (Å²) in [5.74, 6) is 1.35. The van der Waals surface area contributed by atoms with Gasteiger partial charge in [0, 0.05) is 29.9 Å². The molecule has 0 aliphatic heterocycles. The number of hydrogen-bond donors (Lipinski definition) is 1. The van der Waals surface area contributed by atoms with Crippen LogP contribution in [0.1, 0.15) is 11.3 Å². The van der Waals surface area contributed by atoms with Gasteiger partial charge in [-0.05, 0) is 24.3 Å². The largest absolute Gasteiger partial charge is 0.497 e. The van der Waals surface area contributed by atoms with Crippen LogP contribution in [0.4, 0.5) is 0 Å². The van der Waals surface area contributed by atoms with E-state index in [4.69, 9.17) is 27.4 Å². The van der Waals surface area contributed by atoms with Crippen LogP contribution in [0.15, 0.2) is 42.6 Å². The molecule has 0 amide bonds. The molecule has 2 rings (SSSR count). The summed E-state index contributed by atoms with van der Waals surface area (Å²) in [7, 11) is 1.59. The summed E-state index contributed by atoms with van der Waals surface area (Å²) >= 11 is 4.97. The van der Waals surface area contributed by atoms with E-state index in [1.807, 2.05) is 24.3 Å². The molecule has 0 fully saturated rings. The van der Waals surface area contributed by atoms with Gasteiger partial charge in [-0.15, -0.1) is 0 Å². The van der Waals surface area contributed by atoms with Crippen molar-refractivity contribution in [2.75, 3.05) is 13.7 Å². The van der Waals surface area contributed by atoms with Crippen LogP contribution in [0.5, 0.6) is 11.5 Å². The van der Waals surface area contributed by atoms with E-state index < -0.39 is 0 Å². The lowest BCUT2D eigenvalue weighted by molar-refractivity contribution is 0.317. The number of ether oxygens (including phenoxy) is 2. The minimum absolute atomic E-state index is 0.318. The van der Waals surface area contributed by atoms with E-state index in [0.29, 0.717) is 23.1 Å². The standard InChI is InChI=1S/C15H16N2O2S/c1-18-13-8-11(15(16)20)9-14(10-13)19-7-5-12-4-2-3-6-17-12/h2-4,6,8-10H,5,7H2,1H3,(H2,16,20). The Morgan fingerprint density at radius 3 is 2.70 bits per heavy atom. The molecule has 104 valence electrons. The third-order valence-corrected chi connectivity index (χ3v) is 2.99. The van der Waals surface area contributed by atoms with Crippen LogP contribution in [0.3, 0.4) is 0 Å². The number of hydrogen-bond acceptors (Lipinski definition) is 4. The summed E-state index contributed by atoms with van der Waals surface area (Å²) in [6.45, 7) is 0.529. The van der Waals surface area contributed by atoms with Crippen molar-refractivity contribution >= 4 is 17.2 Å². The number of rotatable bonds is 6. The topological polar surface area (TPSA) is 57.4 Å². The quantitative estimate of drug-likeness (QED) is 0.827. The van der Waals surface area contributed by atoms with Crippen LogP contribution in [0.25, 0.3) is 0 Å². The van der Waals surface area contributed by atoms with Gasteiger partial charge >= 0.3 is 0 Å². The number of nitrogens with two attached hydrogens (primary N) is 1. The van der Waals surface area contributed by atoms with Gasteiger partial charge in [-0.1, -0.05) is 18.3 Å². The van der Waals surface area contributed by atoms with E-state index in [1.54, 1.807) is 25.4 Å². The maximum Gasteiger partial charge on any atom is 0.123 e. The van der Waals surface area contributed by atoms with Gasteiger partial charge in [0.2, 0.25) is 0 Å². The SMILES string of the molecule is COc1cc(OCCc2ccccn2)cc(C(N)=S)c1. The van der Waals surface area contributed by atoms with E-state index >= 15 is 0 Å². The van der Waals surface area contributed by atoms with E-state index in [2.05, 4.69) is 4.98 Å². The zero-order chi connectivity index (χ0) is 14.4. The van der Waals surface area contributed by atoms with Gasteiger partial charge in [-0.25, -0.2) is 0 Å². The fourth-order valence-electron chi connectivity index (χ4n) is 1.73. The molecule has 0 radical (unpaired) electrons. The van der Waals surface area contributed by atoms with Gasteiger partial charge in [0.25, 0.3) is 0 Å². The first-order valence-corrected chi connectivity index (χ1v) is 6.61. The lowest BCUT2D eigenvalue weighted by Crippen LogP contribution is -2.10. The molecular weight excluding hydrogens is 272 g/mol. The van der Waals surface area contributed by atoms with Gasteiger partial charge < -0.3 is 15.2 Å². The summed E-state index contributed by atoms with van der Waals surface area (Å²) in [4.78, 5) is 4.56. The Bertz CT molecular complexity index is 588. The molecule has 1 aromatic carbocycles. The van der Waals surface area contributed by atoms with Gasteiger partial charge in [-0.2, -0.15) is 0 Å². The summed E-state index contributed by atoms with van der Waals surface area (Å²) in [6, 6.07) is 11.2. The lowest BCUT2D eigenvalue weighted by atomic mass is 10.2. The lowest BCUT2D eigenvalue weighted by Gasteiger charge is -2.10. The molecule has 5 heteroatoms. The number of nitrogens with zero attached hydrogens (tertiary/aromatic N) is 1. The van der Waals surface area contributed by atoms with Gasteiger partial charge in [0.15, 0.2) is 0 Å². The highest BCUT2D eigenvalue weighted by atomic mass is 32.1. The van der Waals surface area contributed by atoms with Crippen LogP contribution >= 0.6 is 12.2 Å². The van der Waals surface area contributed by atoms with Crippen LogP contribution in [-0.4, -0.2) is 23.7 Å². The highest BCUT2D eigenvalue weighted by Crippen LogP contribution is 2.22. The normalized spacial score (nSPS) is 10.1. The zero-order valence-electron chi connectivity index (χ0n) is 11.2. The third kappa shape index (κ3) is 3.93. The Labute approximate surface area is 123 Å². The highest BCUT2D eigenvalue weighted by molar-refractivity contribution is 7.80. The highest BCUT2D eigenvalue weighted by Gasteiger charge is 2.05. The molecule has 0 atom stereocenters. The van der Waals surface area contributed by atoms with Crippen LogP contribution < -0.4 is 15.2 Å². The summed E-state index contributed by atoms with van der Waals surface area (Å²) < 4.78 is 10.9. The predicted molar refractivity (Wildman–Crippen MR) is 82.3 cm³/mol. The maximum absolute atomic E-state index is 5.71. The minimum atomic E-state index is 0.318. The van der Waals surface area contributed by atoms with Crippen LogP contribution in [0.2, 0.25) is 0 Å². The number of methoxy groups -OCH3 is 1. The molecule has 0 spiro atoms. The molecule has 2 aromatic rings. The Morgan fingerprint density at radius 1 is 1.25 bits per heavy atom. The average Bonchev–Trinajstić information content (AvgIpc) is 2.48. The molecule has 0 saturated carbocycles. The molecule has 0 bridgehead atoms. The number of pyridine rings is 1. The number of benzene rings is 1. The molecule has 0 saturated heterocycles. The minimum Gasteiger partial charge on any atom is -0.497 e. The van der Waals surface area contributed by atoms with Crippen molar-refractivity contribution in [2.45, 2.75) is 6.42 Å². The molecule has 2 N–H and O–H groups in total. The van der Waals surface area contributed by atoms with Crippen molar-refractivity contribution < 1.29 is 9.47 Å². The first-order chi connectivity index (χ1) is 9.69. The first-order valence-electron chi connectivity index (χ1n) is 6.20. The van der Waals surface area contributed by atoms with Crippen molar-refractivity contribution in [2.24, 2.45) is 5.73 Å². The van der Waals surface area contributed by atoms with Crippen molar-refractivity contribution in [3.05, 3.63) is 53.9 Å². The number of thiocarbonyl (C=S) groups is 1. The van der Waals surface area contributed by atoms with Crippen molar-refractivity contribution in [3.8, 4) is 11.5 Å². The van der Waals surface area contributed by atoms with Gasteiger partial charge in [0.05, 0.1) is 13.7 Å². The molecular formula is C15H16N2O2S. The van der Waals surface area contributed by atoms with Gasteiger partial charge in [-0.3, -0.25) is 4.98 Å². The number of aromatic nitrogens is 1. The molecule has 0 unspecified atom stereocenters. The van der Waals surface area contributed by atoms with Crippen LogP contribution in [-0.2, 0) is 6.42 Å². The fourth-order valence-corrected chi connectivity index (χ4v) is 1.85. The van der Waals surface area contributed by atoms with Gasteiger partial charge in [0.1, 0.15) is 16.5 Å². The van der Waals surface area contributed by atoms with Crippen molar-refractivity contribution in [1.29, 1.82) is 0 Å². The molecule has 1 heterocycles. The van der Waals surface area contributed by atoms with Crippen LogP contribution in [0, 0.1) is 0 Å². The molecule has 0 aliphatic rings. The molecule has 0 aliphatic carbocycles. The summed E-state index contributed by atoms with van der Waals surface area (Å²) in [6.07, 6.45) is 2.51. The summed E-state index contributed by atoms with van der Waals surface area (Å²) in [5.41, 5.74) is 7.36. The third-order valence-electron chi connectivity index (χ3n) is 2.75. The van der Waals surface area contributed by atoms with Crippen molar-refractivity contribution in [1.82, 2.24) is 4.98 Å². The van der Waals surface area contributed by atoms with E-state index in [-0.39, 0.29) is 0 Å². The van der Waals surface area contributed by atoms with E-state index in [0.717, 1.165) is 17.7 Å². The summed E-state index contributed by atoms with van der Waals surface area (Å²) in [5, 5.41) is 0. The first kappa shape index (κ1) is 14.3. The molecule has 1 aromatic heterocycles. The fraction of sp³-hybridized carbons (Fsp3) is 0.200. The predicted octanol–water partition coefficient (Wildman–Crippen LogP) is 2.35. The zero-order valence-corrected chi connectivity index (χ0v) is 12.0.